The molecule has 1 N–H and O–H groups in total. The van der Waals surface area contributed by atoms with Crippen molar-refractivity contribution >= 4 is 28.6 Å². The maximum atomic E-state index is 15.6. The molecule has 0 spiro atoms. The zero-order chi connectivity index (χ0) is 31.2. The highest BCUT2D eigenvalue weighted by atomic mass is 35.5. The fourth-order valence-corrected chi connectivity index (χ4v) is 5.55. The third-order valence-electron chi connectivity index (χ3n) is 7.84. The van der Waals surface area contributed by atoms with E-state index in [1.54, 1.807) is 30.3 Å². The normalized spacial score (nSPS) is 16.0. The largest absolute Gasteiger partial charge is 0.478 e. The lowest BCUT2D eigenvalue weighted by molar-refractivity contribution is 0.0697. The standard InChI is InChI=1S/C33H27ClF3N3O4/c1-33(2)17-43-16-29(33)40-28-12-19(32(41)42)5-9-27(28)38-30(40)13-20-11-25(37)22(14-24(20)36)26-10-8-23(35)31(39-26)44-15-18-3-6-21(34)7-4-18/h3-12,14,29H,13,15-17H2,1-2H3,(H,41,42)/t29-/m1/s1. The number of rotatable bonds is 8. The molecule has 226 valence electrons. The van der Waals surface area contributed by atoms with Crippen molar-refractivity contribution in [2.75, 3.05) is 13.2 Å². The number of imidazole rings is 1. The number of aromatic carboxylic acids is 1. The number of carboxylic acid groups (broad SMARTS) is 1. The second-order valence-electron chi connectivity index (χ2n) is 11.4. The molecule has 44 heavy (non-hydrogen) atoms. The molecular weight excluding hydrogens is 595 g/mol. The lowest BCUT2D eigenvalue weighted by Crippen LogP contribution is -2.27. The molecule has 2 aromatic heterocycles. The lowest BCUT2D eigenvalue weighted by Gasteiger charge is -2.28. The van der Waals surface area contributed by atoms with Gasteiger partial charge < -0.3 is 19.1 Å². The Bertz CT molecular complexity index is 1890. The van der Waals surface area contributed by atoms with Crippen molar-refractivity contribution in [2.24, 2.45) is 5.41 Å². The fraction of sp³-hybridized carbons (Fsp3) is 0.242. The van der Waals surface area contributed by atoms with Gasteiger partial charge in [-0.15, -0.1) is 0 Å². The van der Waals surface area contributed by atoms with Crippen molar-refractivity contribution in [3.8, 4) is 17.1 Å². The summed E-state index contributed by atoms with van der Waals surface area (Å²) in [5.41, 5.74) is 1.48. The van der Waals surface area contributed by atoms with Crippen LogP contribution in [0.1, 0.15) is 47.2 Å². The molecule has 5 aromatic rings. The Morgan fingerprint density at radius 2 is 1.80 bits per heavy atom. The maximum Gasteiger partial charge on any atom is 0.335 e. The van der Waals surface area contributed by atoms with Crippen LogP contribution in [0.25, 0.3) is 22.3 Å². The number of pyridine rings is 1. The predicted molar refractivity (Wildman–Crippen MR) is 158 cm³/mol. The molecule has 1 aliphatic heterocycles. The number of aromatic nitrogens is 3. The Hall–Kier alpha value is -4.41. The Morgan fingerprint density at radius 1 is 1.02 bits per heavy atom. The minimum atomic E-state index is -1.08. The van der Waals surface area contributed by atoms with E-state index in [9.17, 15) is 14.3 Å². The molecule has 0 unspecified atom stereocenters. The Kier molecular flexibility index (Phi) is 7.81. The number of carbonyl (C=O) groups is 1. The van der Waals surface area contributed by atoms with Crippen LogP contribution in [0.15, 0.2) is 66.7 Å². The monoisotopic (exact) mass is 621 g/mol. The summed E-state index contributed by atoms with van der Waals surface area (Å²) in [5, 5.41) is 10.1. The zero-order valence-electron chi connectivity index (χ0n) is 23.8. The van der Waals surface area contributed by atoms with Crippen LogP contribution in [0.2, 0.25) is 5.02 Å². The number of carboxylic acids is 1. The summed E-state index contributed by atoms with van der Waals surface area (Å²) in [6.07, 6.45) is -0.0704. The number of hydrogen-bond acceptors (Lipinski definition) is 5. The smallest absolute Gasteiger partial charge is 0.335 e. The van der Waals surface area contributed by atoms with E-state index in [1.165, 1.54) is 18.2 Å². The highest BCUT2D eigenvalue weighted by Crippen LogP contribution is 2.40. The molecule has 0 bridgehead atoms. The molecule has 7 nitrogen and oxygen atoms in total. The predicted octanol–water partition coefficient (Wildman–Crippen LogP) is 7.63. The number of ether oxygens (including phenoxy) is 2. The first-order valence-corrected chi connectivity index (χ1v) is 14.2. The summed E-state index contributed by atoms with van der Waals surface area (Å²) < 4.78 is 58.8. The van der Waals surface area contributed by atoms with Crippen LogP contribution >= 0.6 is 11.6 Å². The quantitative estimate of drug-likeness (QED) is 0.192. The van der Waals surface area contributed by atoms with Crippen molar-refractivity contribution in [2.45, 2.75) is 32.9 Å². The highest BCUT2D eigenvalue weighted by Gasteiger charge is 2.39. The Morgan fingerprint density at radius 3 is 2.50 bits per heavy atom. The number of hydrogen-bond donors (Lipinski definition) is 1. The van der Waals surface area contributed by atoms with Gasteiger partial charge in [-0.05, 0) is 65.7 Å². The first-order chi connectivity index (χ1) is 21.0. The zero-order valence-corrected chi connectivity index (χ0v) is 24.5. The molecule has 1 saturated heterocycles. The van der Waals surface area contributed by atoms with Crippen molar-refractivity contribution in [3.05, 3.63) is 112 Å². The third kappa shape index (κ3) is 5.75. The first kappa shape index (κ1) is 29.7. The summed E-state index contributed by atoms with van der Waals surface area (Å²) in [4.78, 5) is 20.5. The highest BCUT2D eigenvalue weighted by molar-refractivity contribution is 6.30. The molecule has 0 radical (unpaired) electrons. The van der Waals surface area contributed by atoms with Gasteiger partial charge in [0.2, 0.25) is 0 Å². The van der Waals surface area contributed by atoms with Crippen molar-refractivity contribution in [1.29, 1.82) is 0 Å². The van der Waals surface area contributed by atoms with Gasteiger partial charge in [-0.25, -0.2) is 27.9 Å². The van der Waals surface area contributed by atoms with E-state index in [4.69, 9.17) is 21.1 Å². The number of fused-ring (bicyclic) bond motifs is 1. The first-order valence-electron chi connectivity index (χ1n) is 13.8. The van der Waals surface area contributed by atoms with E-state index >= 15 is 8.78 Å². The Labute approximate surface area is 255 Å². The fourth-order valence-electron chi connectivity index (χ4n) is 5.42. The minimum absolute atomic E-state index is 0.00116. The molecule has 0 amide bonds. The van der Waals surface area contributed by atoms with Gasteiger partial charge in [-0.2, -0.15) is 0 Å². The van der Waals surface area contributed by atoms with Gasteiger partial charge in [-0.3, -0.25) is 0 Å². The van der Waals surface area contributed by atoms with E-state index in [-0.39, 0.29) is 52.7 Å². The van der Waals surface area contributed by atoms with E-state index < -0.39 is 23.4 Å². The molecule has 3 heterocycles. The van der Waals surface area contributed by atoms with Crippen LogP contribution in [0.4, 0.5) is 13.2 Å². The van der Waals surface area contributed by atoms with Crippen molar-refractivity contribution < 1.29 is 32.5 Å². The molecule has 3 aromatic carbocycles. The molecule has 1 fully saturated rings. The van der Waals surface area contributed by atoms with Crippen molar-refractivity contribution in [3.63, 3.8) is 0 Å². The molecule has 0 saturated carbocycles. The van der Waals surface area contributed by atoms with Gasteiger partial charge in [0, 0.05) is 22.4 Å². The van der Waals surface area contributed by atoms with Gasteiger partial charge in [-0.1, -0.05) is 37.6 Å². The van der Waals surface area contributed by atoms with Gasteiger partial charge in [0.1, 0.15) is 24.1 Å². The van der Waals surface area contributed by atoms with Gasteiger partial charge >= 0.3 is 5.97 Å². The van der Waals surface area contributed by atoms with Crippen LogP contribution in [-0.2, 0) is 17.8 Å². The lowest BCUT2D eigenvalue weighted by atomic mass is 9.87. The van der Waals surface area contributed by atoms with Crippen molar-refractivity contribution in [1.82, 2.24) is 14.5 Å². The molecule has 0 aliphatic carbocycles. The molecule has 1 atom stereocenters. The molecule has 1 aliphatic rings. The van der Waals surface area contributed by atoms with Crippen LogP contribution in [0.5, 0.6) is 5.88 Å². The maximum absolute atomic E-state index is 15.6. The van der Waals surface area contributed by atoms with Gasteiger partial charge in [0.15, 0.2) is 5.82 Å². The van der Waals surface area contributed by atoms with Gasteiger partial charge in [0.05, 0.1) is 41.5 Å². The van der Waals surface area contributed by atoms with Crippen LogP contribution < -0.4 is 4.74 Å². The summed E-state index contributed by atoms with van der Waals surface area (Å²) in [6, 6.07) is 15.6. The van der Waals surface area contributed by atoms with Crippen LogP contribution in [0, 0.1) is 22.9 Å². The SMILES string of the molecule is CC1(C)COC[C@H]1n1c(Cc2cc(F)c(-c3ccc(F)c(OCc4ccc(Cl)cc4)n3)cc2F)nc2ccc(C(=O)O)cc21. The Balaban J connectivity index is 1.33. The number of nitrogens with zero attached hydrogens (tertiary/aromatic N) is 3. The van der Waals surface area contributed by atoms with Crippen LogP contribution in [-0.4, -0.2) is 38.8 Å². The van der Waals surface area contributed by atoms with Crippen LogP contribution in [0.3, 0.4) is 0 Å². The van der Waals surface area contributed by atoms with E-state index in [1.807, 2.05) is 18.4 Å². The average Bonchev–Trinajstić information content (AvgIpc) is 3.52. The second kappa shape index (κ2) is 11.6. The third-order valence-corrected chi connectivity index (χ3v) is 8.09. The molecule has 11 heteroatoms. The van der Waals surface area contributed by atoms with E-state index in [0.29, 0.717) is 35.1 Å². The number of halogens is 4. The number of benzene rings is 3. The van der Waals surface area contributed by atoms with Gasteiger partial charge in [0.25, 0.3) is 5.88 Å². The van der Waals surface area contributed by atoms with E-state index in [2.05, 4.69) is 9.97 Å². The summed E-state index contributed by atoms with van der Waals surface area (Å²) in [6.45, 7) is 4.89. The average molecular weight is 622 g/mol. The van der Waals surface area contributed by atoms with E-state index in [0.717, 1.165) is 23.8 Å². The molecular formula is C33H27ClF3N3O4. The molecule has 6 rings (SSSR count). The summed E-state index contributed by atoms with van der Waals surface area (Å²) in [7, 11) is 0. The topological polar surface area (TPSA) is 86.5 Å². The minimum Gasteiger partial charge on any atom is -0.478 e. The summed E-state index contributed by atoms with van der Waals surface area (Å²) in [5.74, 6) is -3.21. The second-order valence-corrected chi connectivity index (χ2v) is 11.9. The summed E-state index contributed by atoms with van der Waals surface area (Å²) >= 11 is 5.90.